The third kappa shape index (κ3) is 3.33. The standard InChI is InChI=1S/C21H21N3O/c25-21(13-12-16-14-22-19-10-4-3-9-18(16)19)24-23-20-11-5-7-15-6-1-2-8-17(15)20/h1-4,6,8-10,14,22H,5,7,11-13H2,(H,24,25). The van der Waals surface area contributed by atoms with Crippen LogP contribution in [0.3, 0.4) is 0 Å². The van der Waals surface area contributed by atoms with Crippen LogP contribution in [0.4, 0.5) is 0 Å². The zero-order chi connectivity index (χ0) is 17.1. The number of nitrogens with one attached hydrogen (secondary N) is 2. The molecule has 1 aliphatic rings. The largest absolute Gasteiger partial charge is 0.361 e. The molecule has 4 heteroatoms. The van der Waals surface area contributed by atoms with E-state index >= 15 is 0 Å². The van der Waals surface area contributed by atoms with Gasteiger partial charge in [0.1, 0.15) is 0 Å². The highest BCUT2D eigenvalue weighted by Crippen LogP contribution is 2.21. The van der Waals surface area contributed by atoms with Gasteiger partial charge in [0.2, 0.25) is 5.91 Å². The van der Waals surface area contributed by atoms with Crippen LogP contribution in [-0.2, 0) is 17.6 Å². The molecule has 1 amide bonds. The molecular weight excluding hydrogens is 310 g/mol. The Morgan fingerprint density at radius 2 is 1.92 bits per heavy atom. The molecule has 1 heterocycles. The van der Waals surface area contributed by atoms with Crippen molar-refractivity contribution in [3.8, 4) is 0 Å². The summed E-state index contributed by atoms with van der Waals surface area (Å²) in [5, 5.41) is 5.58. The summed E-state index contributed by atoms with van der Waals surface area (Å²) >= 11 is 0. The number of hydrogen-bond donors (Lipinski definition) is 2. The lowest BCUT2D eigenvalue weighted by molar-refractivity contribution is -0.121. The lowest BCUT2D eigenvalue weighted by Crippen LogP contribution is -2.22. The fraction of sp³-hybridized carbons (Fsp3) is 0.238. The number of para-hydroxylation sites is 1. The molecule has 1 aliphatic carbocycles. The van der Waals surface area contributed by atoms with Crippen LogP contribution in [0.2, 0.25) is 0 Å². The second-order valence-electron chi connectivity index (χ2n) is 6.46. The smallest absolute Gasteiger partial charge is 0.240 e. The van der Waals surface area contributed by atoms with Gasteiger partial charge in [-0.05, 0) is 42.9 Å². The number of rotatable bonds is 4. The van der Waals surface area contributed by atoms with Gasteiger partial charge in [-0.25, -0.2) is 5.43 Å². The van der Waals surface area contributed by atoms with Crippen LogP contribution in [0.25, 0.3) is 10.9 Å². The van der Waals surface area contributed by atoms with Crippen LogP contribution in [0.5, 0.6) is 0 Å². The quantitative estimate of drug-likeness (QED) is 0.699. The van der Waals surface area contributed by atoms with E-state index in [1.54, 1.807) is 0 Å². The maximum atomic E-state index is 12.2. The zero-order valence-electron chi connectivity index (χ0n) is 14.1. The van der Waals surface area contributed by atoms with Crippen LogP contribution in [0.1, 0.15) is 36.0 Å². The molecule has 0 unspecified atom stereocenters. The van der Waals surface area contributed by atoms with Crippen molar-refractivity contribution < 1.29 is 4.79 Å². The van der Waals surface area contributed by atoms with E-state index in [0.29, 0.717) is 12.8 Å². The average Bonchev–Trinajstić information content (AvgIpc) is 3.08. The Morgan fingerprint density at radius 3 is 2.88 bits per heavy atom. The first kappa shape index (κ1) is 15.6. The summed E-state index contributed by atoms with van der Waals surface area (Å²) in [7, 11) is 0. The van der Waals surface area contributed by atoms with Gasteiger partial charge >= 0.3 is 0 Å². The number of nitrogens with zero attached hydrogens (tertiary/aromatic N) is 1. The molecule has 4 nitrogen and oxygen atoms in total. The van der Waals surface area contributed by atoms with Crippen LogP contribution in [0, 0.1) is 0 Å². The molecule has 0 aliphatic heterocycles. The lowest BCUT2D eigenvalue weighted by atomic mass is 9.90. The van der Waals surface area contributed by atoms with Crippen LogP contribution in [-0.4, -0.2) is 16.6 Å². The second-order valence-corrected chi connectivity index (χ2v) is 6.46. The highest BCUT2D eigenvalue weighted by atomic mass is 16.2. The fourth-order valence-electron chi connectivity index (χ4n) is 3.49. The molecule has 0 fully saturated rings. The highest BCUT2D eigenvalue weighted by molar-refractivity contribution is 6.03. The molecule has 126 valence electrons. The molecule has 0 saturated carbocycles. The topological polar surface area (TPSA) is 57.2 Å². The molecule has 0 spiro atoms. The Balaban J connectivity index is 1.40. The van der Waals surface area contributed by atoms with Crippen molar-refractivity contribution in [2.75, 3.05) is 0 Å². The first-order chi connectivity index (χ1) is 12.3. The third-order valence-electron chi connectivity index (χ3n) is 4.80. The Kier molecular flexibility index (Phi) is 4.34. The summed E-state index contributed by atoms with van der Waals surface area (Å²) in [6, 6.07) is 16.5. The number of amides is 1. The van der Waals surface area contributed by atoms with Crippen molar-refractivity contribution in [2.24, 2.45) is 5.10 Å². The molecule has 0 radical (unpaired) electrons. The summed E-state index contributed by atoms with van der Waals surface area (Å²) in [4.78, 5) is 15.4. The third-order valence-corrected chi connectivity index (χ3v) is 4.80. The molecule has 1 aromatic heterocycles. The van der Waals surface area contributed by atoms with E-state index in [-0.39, 0.29) is 5.91 Å². The van der Waals surface area contributed by atoms with E-state index in [1.165, 1.54) is 22.1 Å². The van der Waals surface area contributed by atoms with E-state index in [9.17, 15) is 4.79 Å². The molecule has 0 atom stereocenters. The number of H-pyrrole nitrogens is 1. The van der Waals surface area contributed by atoms with E-state index < -0.39 is 0 Å². The average molecular weight is 331 g/mol. The van der Waals surface area contributed by atoms with Crippen LogP contribution >= 0.6 is 0 Å². The number of carbonyl (C=O) groups is 1. The van der Waals surface area contributed by atoms with Crippen molar-refractivity contribution in [2.45, 2.75) is 32.1 Å². The molecule has 0 saturated heterocycles. The van der Waals surface area contributed by atoms with Crippen molar-refractivity contribution in [3.05, 3.63) is 71.4 Å². The van der Waals surface area contributed by atoms with E-state index in [4.69, 9.17) is 0 Å². The number of aromatic amines is 1. The van der Waals surface area contributed by atoms with E-state index in [2.05, 4.69) is 39.8 Å². The van der Waals surface area contributed by atoms with Gasteiger partial charge in [0, 0.05) is 29.1 Å². The van der Waals surface area contributed by atoms with Crippen LogP contribution in [0.15, 0.2) is 59.8 Å². The Hall–Kier alpha value is -2.88. The van der Waals surface area contributed by atoms with Gasteiger partial charge in [-0.1, -0.05) is 42.5 Å². The molecule has 2 N–H and O–H groups in total. The van der Waals surface area contributed by atoms with Gasteiger partial charge in [-0.2, -0.15) is 5.10 Å². The summed E-state index contributed by atoms with van der Waals surface area (Å²) in [6.45, 7) is 0. The number of carbonyl (C=O) groups excluding carboxylic acids is 1. The predicted molar refractivity (Wildman–Crippen MR) is 101 cm³/mol. The number of hydrazone groups is 1. The van der Waals surface area contributed by atoms with Crippen molar-refractivity contribution >= 4 is 22.5 Å². The van der Waals surface area contributed by atoms with Gasteiger partial charge in [0.25, 0.3) is 0 Å². The monoisotopic (exact) mass is 331 g/mol. The molecule has 0 bridgehead atoms. The Bertz CT molecular complexity index is 939. The van der Waals surface area contributed by atoms with Crippen molar-refractivity contribution in [3.63, 3.8) is 0 Å². The maximum Gasteiger partial charge on any atom is 0.240 e. The fourth-order valence-corrected chi connectivity index (χ4v) is 3.49. The zero-order valence-corrected chi connectivity index (χ0v) is 14.1. The van der Waals surface area contributed by atoms with Gasteiger partial charge in [-0.15, -0.1) is 0 Å². The predicted octanol–water partition coefficient (Wildman–Crippen LogP) is 3.96. The number of aromatic nitrogens is 1. The van der Waals surface area contributed by atoms with Crippen molar-refractivity contribution in [1.29, 1.82) is 0 Å². The first-order valence-corrected chi connectivity index (χ1v) is 8.80. The Morgan fingerprint density at radius 1 is 1.08 bits per heavy atom. The Labute approximate surface area is 147 Å². The maximum absolute atomic E-state index is 12.2. The van der Waals surface area contributed by atoms with E-state index in [1.807, 2.05) is 30.5 Å². The van der Waals surface area contributed by atoms with Gasteiger partial charge in [0.05, 0.1) is 5.71 Å². The normalized spacial score (nSPS) is 15.3. The molecular formula is C21H21N3O. The minimum absolute atomic E-state index is 0.0409. The summed E-state index contributed by atoms with van der Waals surface area (Å²) in [5.74, 6) is -0.0409. The van der Waals surface area contributed by atoms with Gasteiger partial charge < -0.3 is 4.98 Å². The van der Waals surface area contributed by atoms with Crippen LogP contribution < -0.4 is 5.43 Å². The summed E-state index contributed by atoms with van der Waals surface area (Å²) < 4.78 is 0. The van der Waals surface area contributed by atoms with Gasteiger partial charge in [-0.3, -0.25) is 4.79 Å². The molecule has 25 heavy (non-hydrogen) atoms. The summed E-state index contributed by atoms with van der Waals surface area (Å²) in [6.07, 6.45) is 6.21. The SMILES string of the molecule is O=C(CCc1c[nH]c2ccccc12)NN=C1CCCc2ccccc21. The summed E-state index contributed by atoms with van der Waals surface area (Å²) in [5.41, 5.74) is 8.50. The number of hydrogen-bond acceptors (Lipinski definition) is 2. The van der Waals surface area contributed by atoms with Gasteiger partial charge in [0.15, 0.2) is 0 Å². The minimum Gasteiger partial charge on any atom is -0.361 e. The number of benzene rings is 2. The van der Waals surface area contributed by atoms with Crippen molar-refractivity contribution in [1.82, 2.24) is 10.4 Å². The lowest BCUT2D eigenvalue weighted by Gasteiger charge is -2.17. The first-order valence-electron chi connectivity index (χ1n) is 8.80. The molecule has 3 aromatic rings. The van der Waals surface area contributed by atoms with E-state index in [0.717, 1.165) is 30.5 Å². The number of aryl methyl sites for hydroxylation is 2. The number of fused-ring (bicyclic) bond motifs is 2. The molecule has 2 aromatic carbocycles. The highest BCUT2D eigenvalue weighted by Gasteiger charge is 2.15. The second kappa shape index (κ2) is 6.93. The molecule has 4 rings (SSSR count). The minimum atomic E-state index is -0.0409.